The van der Waals surface area contributed by atoms with Crippen LogP contribution in [0.1, 0.15) is 85.5 Å². The summed E-state index contributed by atoms with van der Waals surface area (Å²) in [6.07, 6.45) is 12.0. The van der Waals surface area contributed by atoms with E-state index in [0.717, 1.165) is 49.0 Å². The monoisotopic (exact) mass is 375 g/mol. The summed E-state index contributed by atoms with van der Waals surface area (Å²) >= 11 is 0. The largest absolute Gasteiger partial charge is 0.463 e. The van der Waals surface area contributed by atoms with Crippen molar-refractivity contribution < 1.29 is 9.53 Å². The number of ether oxygens (including phenoxy) is 1. The average Bonchev–Trinajstić information content (AvgIpc) is 2.98. The highest BCUT2D eigenvalue weighted by atomic mass is 16.5. The van der Waals surface area contributed by atoms with Gasteiger partial charge in [-0.2, -0.15) is 0 Å². The second kappa shape index (κ2) is 7.04. The summed E-state index contributed by atoms with van der Waals surface area (Å²) in [4.78, 5) is 11.4. The number of hydrogen-bond acceptors (Lipinski definition) is 3. The molecule has 4 aliphatic rings. The molecule has 4 saturated carbocycles. The van der Waals surface area contributed by atoms with Crippen LogP contribution in [0.4, 0.5) is 0 Å². The minimum Gasteiger partial charge on any atom is -0.463 e. The van der Waals surface area contributed by atoms with Crippen LogP contribution in [0, 0.1) is 46.3 Å². The van der Waals surface area contributed by atoms with Crippen LogP contribution in [-0.4, -0.2) is 18.6 Å². The van der Waals surface area contributed by atoms with E-state index in [4.69, 9.17) is 10.5 Å². The molecular formula is C24H41NO2. The Kier molecular flexibility index (Phi) is 5.15. The standard InChI is InChI=1S/C24H41NO2/c1-15(14-25)20-7-8-21-19-6-5-17-13-18(27-16(2)26)9-11-23(17,3)22(19)10-12-24(20,21)4/h15,17-22H,5-14,25H2,1-4H3/t15?,17?,18?,19-,20+,21-,22-,23-,24+/m0/s1. The molecule has 0 aliphatic heterocycles. The molecule has 2 N–H and O–H groups in total. The average molecular weight is 376 g/mol. The summed E-state index contributed by atoms with van der Waals surface area (Å²) in [5.41, 5.74) is 7.08. The zero-order chi connectivity index (χ0) is 19.4. The first-order valence-electron chi connectivity index (χ1n) is 11.7. The van der Waals surface area contributed by atoms with E-state index in [1.165, 1.54) is 44.9 Å². The third kappa shape index (κ3) is 3.07. The van der Waals surface area contributed by atoms with E-state index in [2.05, 4.69) is 20.8 Å². The highest BCUT2D eigenvalue weighted by Gasteiger charge is 2.60. The van der Waals surface area contributed by atoms with Gasteiger partial charge in [-0.3, -0.25) is 4.79 Å². The van der Waals surface area contributed by atoms with E-state index in [-0.39, 0.29) is 12.1 Å². The van der Waals surface area contributed by atoms with E-state index in [1.807, 2.05) is 0 Å². The van der Waals surface area contributed by atoms with Crippen molar-refractivity contribution in [2.24, 2.45) is 52.1 Å². The first-order chi connectivity index (χ1) is 12.8. The number of fused-ring (bicyclic) bond motifs is 5. The molecule has 0 aromatic rings. The second-order valence-electron chi connectivity index (χ2n) is 11.1. The molecule has 3 heteroatoms. The molecule has 0 radical (unpaired) electrons. The number of rotatable bonds is 3. The number of carbonyl (C=O) groups is 1. The Bertz CT molecular complexity index is 577. The first-order valence-corrected chi connectivity index (χ1v) is 11.7. The molecule has 4 fully saturated rings. The van der Waals surface area contributed by atoms with Gasteiger partial charge in [0.05, 0.1) is 0 Å². The van der Waals surface area contributed by atoms with Crippen molar-refractivity contribution in [3.63, 3.8) is 0 Å². The topological polar surface area (TPSA) is 52.3 Å². The summed E-state index contributed by atoms with van der Waals surface area (Å²) in [5, 5.41) is 0. The fraction of sp³-hybridized carbons (Fsp3) is 0.958. The van der Waals surface area contributed by atoms with Crippen LogP contribution in [0.15, 0.2) is 0 Å². The highest BCUT2D eigenvalue weighted by molar-refractivity contribution is 5.66. The lowest BCUT2D eigenvalue weighted by molar-refractivity contribution is -0.160. The summed E-state index contributed by atoms with van der Waals surface area (Å²) in [7, 11) is 0. The fourth-order valence-corrected chi connectivity index (χ4v) is 8.70. The molecule has 0 saturated heterocycles. The molecular weight excluding hydrogens is 334 g/mol. The molecule has 3 unspecified atom stereocenters. The van der Waals surface area contributed by atoms with Gasteiger partial charge >= 0.3 is 5.97 Å². The number of hydrogen-bond donors (Lipinski definition) is 1. The zero-order valence-corrected chi connectivity index (χ0v) is 18.0. The zero-order valence-electron chi connectivity index (χ0n) is 18.0. The van der Waals surface area contributed by atoms with E-state index in [9.17, 15) is 4.79 Å². The number of nitrogens with two attached hydrogens (primary N) is 1. The van der Waals surface area contributed by atoms with Gasteiger partial charge in [0.15, 0.2) is 0 Å². The summed E-state index contributed by atoms with van der Waals surface area (Å²) in [6, 6.07) is 0. The van der Waals surface area contributed by atoms with E-state index >= 15 is 0 Å². The van der Waals surface area contributed by atoms with Gasteiger partial charge in [-0.05, 0) is 111 Å². The molecule has 3 nitrogen and oxygen atoms in total. The lowest BCUT2D eigenvalue weighted by atomic mass is 9.44. The van der Waals surface area contributed by atoms with Crippen molar-refractivity contribution >= 4 is 5.97 Å². The molecule has 0 spiro atoms. The molecule has 4 rings (SSSR count). The molecule has 0 heterocycles. The Labute approximate surface area is 166 Å². The third-order valence-corrected chi connectivity index (χ3v) is 10.1. The Morgan fingerprint density at radius 3 is 2.44 bits per heavy atom. The Balaban J connectivity index is 1.52. The van der Waals surface area contributed by atoms with Gasteiger partial charge < -0.3 is 10.5 Å². The maximum Gasteiger partial charge on any atom is 0.302 e. The van der Waals surface area contributed by atoms with E-state index in [1.54, 1.807) is 6.92 Å². The molecule has 0 amide bonds. The van der Waals surface area contributed by atoms with Crippen LogP contribution >= 0.6 is 0 Å². The van der Waals surface area contributed by atoms with Crippen molar-refractivity contribution in [2.45, 2.75) is 91.6 Å². The quantitative estimate of drug-likeness (QED) is 0.692. The van der Waals surface area contributed by atoms with Crippen LogP contribution in [-0.2, 0) is 9.53 Å². The van der Waals surface area contributed by atoms with Crippen LogP contribution in [0.25, 0.3) is 0 Å². The van der Waals surface area contributed by atoms with Crippen LogP contribution < -0.4 is 5.73 Å². The van der Waals surface area contributed by atoms with Gasteiger partial charge in [0.2, 0.25) is 0 Å². The van der Waals surface area contributed by atoms with Gasteiger partial charge in [-0.25, -0.2) is 0 Å². The molecule has 0 bridgehead atoms. The summed E-state index contributed by atoms with van der Waals surface area (Å²) in [6.45, 7) is 10.0. The lowest BCUT2D eigenvalue weighted by Crippen LogP contribution is -2.54. The van der Waals surface area contributed by atoms with Crippen molar-refractivity contribution in [1.29, 1.82) is 0 Å². The SMILES string of the molecule is CC(=O)OC1CC[C@@]2(C)C(CC[C@H]3[C@@H]4CC[C@H](C(C)CN)[C@@]4(C)CC[C@@H]32)C1. The van der Waals surface area contributed by atoms with Gasteiger partial charge in [-0.1, -0.05) is 20.8 Å². The van der Waals surface area contributed by atoms with Crippen molar-refractivity contribution in [3.8, 4) is 0 Å². The van der Waals surface area contributed by atoms with E-state index < -0.39 is 0 Å². The molecule has 0 aromatic heterocycles. The predicted octanol–water partition coefficient (Wildman–Crippen LogP) is 5.17. The second-order valence-corrected chi connectivity index (χ2v) is 11.1. The van der Waals surface area contributed by atoms with Crippen molar-refractivity contribution in [2.75, 3.05) is 6.54 Å². The third-order valence-electron chi connectivity index (χ3n) is 10.1. The summed E-state index contributed by atoms with van der Waals surface area (Å²) in [5.74, 6) is 4.88. The Morgan fingerprint density at radius 1 is 1.04 bits per heavy atom. The Hall–Kier alpha value is -0.570. The van der Waals surface area contributed by atoms with Crippen molar-refractivity contribution in [1.82, 2.24) is 0 Å². The maximum absolute atomic E-state index is 11.4. The van der Waals surface area contributed by atoms with Gasteiger partial charge in [-0.15, -0.1) is 0 Å². The normalized spacial score (nSPS) is 50.3. The highest BCUT2D eigenvalue weighted by Crippen LogP contribution is 2.68. The number of esters is 1. The van der Waals surface area contributed by atoms with Gasteiger partial charge in [0.25, 0.3) is 0 Å². The number of carbonyl (C=O) groups excluding carboxylic acids is 1. The smallest absolute Gasteiger partial charge is 0.302 e. The van der Waals surface area contributed by atoms with Crippen molar-refractivity contribution in [3.05, 3.63) is 0 Å². The Morgan fingerprint density at radius 2 is 1.74 bits per heavy atom. The lowest BCUT2D eigenvalue weighted by Gasteiger charge is -2.61. The minimum atomic E-state index is -0.100. The molecule has 27 heavy (non-hydrogen) atoms. The van der Waals surface area contributed by atoms with Crippen LogP contribution in [0.3, 0.4) is 0 Å². The molecule has 9 atom stereocenters. The minimum absolute atomic E-state index is 0.100. The van der Waals surface area contributed by atoms with Gasteiger partial charge in [0.1, 0.15) is 6.10 Å². The van der Waals surface area contributed by atoms with Gasteiger partial charge in [0, 0.05) is 6.92 Å². The molecule has 4 aliphatic carbocycles. The summed E-state index contributed by atoms with van der Waals surface area (Å²) < 4.78 is 5.61. The first kappa shape index (κ1) is 19.7. The fourth-order valence-electron chi connectivity index (χ4n) is 8.70. The van der Waals surface area contributed by atoms with Crippen LogP contribution in [0.5, 0.6) is 0 Å². The maximum atomic E-state index is 11.4. The van der Waals surface area contributed by atoms with Crippen LogP contribution in [0.2, 0.25) is 0 Å². The molecule has 154 valence electrons. The predicted molar refractivity (Wildman–Crippen MR) is 109 cm³/mol. The molecule has 0 aromatic carbocycles. The van der Waals surface area contributed by atoms with E-state index in [0.29, 0.717) is 16.7 Å².